The van der Waals surface area contributed by atoms with Gasteiger partial charge in [0, 0.05) is 21.7 Å². The lowest BCUT2D eigenvalue weighted by molar-refractivity contribution is 0.0940. The van der Waals surface area contributed by atoms with Crippen LogP contribution < -0.4 is 9.62 Å². The molecule has 0 unspecified atom stereocenters. The monoisotopic (exact) mass is 426 g/mol. The first-order chi connectivity index (χ1) is 12.6. The number of hydrogen-bond donors (Lipinski definition) is 1. The summed E-state index contributed by atoms with van der Waals surface area (Å²) in [4.78, 5) is 12.7. The number of rotatable bonds is 4. The predicted molar refractivity (Wildman–Crippen MR) is 109 cm³/mol. The number of halogens is 2. The van der Waals surface area contributed by atoms with Crippen molar-refractivity contribution in [1.29, 1.82) is 0 Å². The predicted octanol–water partition coefficient (Wildman–Crippen LogP) is 4.20. The first-order valence-corrected chi connectivity index (χ1v) is 11.1. The second-order valence-corrected chi connectivity index (χ2v) is 9.52. The lowest BCUT2D eigenvalue weighted by atomic mass is 10.0. The van der Waals surface area contributed by atoms with E-state index in [0.29, 0.717) is 27.7 Å². The molecule has 2 aromatic carbocycles. The molecule has 1 aliphatic rings. The Hall–Kier alpha value is -1.76. The van der Waals surface area contributed by atoms with Gasteiger partial charge in [-0.1, -0.05) is 29.3 Å². The summed E-state index contributed by atoms with van der Waals surface area (Å²) in [6.45, 7) is 3.69. The van der Waals surface area contributed by atoms with Gasteiger partial charge in [0.05, 0.1) is 18.0 Å². The number of carbonyl (C=O) groups excluding carboxylic acids is 1. The van der Waals surface area contributed by atoms with E-state index in [-0.39, 0.29) is 18.0 Å². The highest BCUT2D eigenvalue weighted by atomic mass is 35.5. The third kappa shape index (κ3) is 4.08. The normalized spacial score (nSPS) is 17.5. The first-order valence-electron chi connectivity index (χ1n) is 8.46. The van der Waals surface area contributed by atoms with Crippen molar-refractivity contribution in [1.82, 2.24) is 5.32 Å². The number of amides is 1. The van der Waals surface area contributed by atoms with E-state index in [1.807, 2.05) is 13.8 Å². The van der Waals surface area contributed by atoms with Crippen LogP contribution in [0.1, 0.15) is 41.4 Å². The molecule has 2 aromatic rings. The lowest BCUT2D eigenvalue weighted by Crippen LogP contribution is -2.34. The third-order valence-corrected chi connectivity index (χ3v) is 6.46. The van der Waals surface area contributed by atoms with Gasteiger partial charge in [-0.15, -0.1) is 0 Å². The highest BCUT2D eigenvalue weighted by Gasteiger charge is 2.32. The minimum Gasteiger partial charge on any atom is -0.345 e. The number of sulfonamides is 1. The van der Waals surface area contributed by atoms with Crippen LogP contribution in [0, 0.1) is 0 Å². The van der Waals surface area contributed by atoms with Crippen molar-refractivity contribution in [2.75, 3.05) is 10.6 Å². The summed E-state index contributed by atoms with van der Waals surface area (Å²) in [5, 5.41) is 3.94. The van der Waals surface area contributed by atoms with Gasteiger partial charge in [0.15, 0.2) is 0 Å². The number of nitrogens with zero attached hydrogens (tertiary/aromatic N) is 1. The van der Waals surface area contributed by atoms with E-state index >= 15 is 0 Å². The highest BCUT2D eigenvalue weighted by Crippen LogP contribution is 2.35. The molecule has 0 aliphatic carbocycles. The third-order valence-electron chi connectivity index (χ3n) is 4.63. The fraction of sp³-hybridized carbons (Fsp3) is 0.316. The van der Waals surface area contributed by atoms with Gasteiger partial charge in [-0.2, -0.15) is 0 Å². The molecule has 0 saturated carbocycles. The van der Waals surface area contributed by atoms with Crippen LogP contribution in [0.4, 0.5) is 5.69 Å². The summed E-state index contributed by atoms with van der Waals surface area (Å²) in [5.41, 5.74) is 2.73. The summed E-state index contributed by atoms with van der Waals surface area (Å²) >= 11 is 12.1. The van der Waals surface area contributed by atoms with Crippen molar-refractivity contribution in [2.45, 2.75) is 32.4 Å². The Balaban J connectivity index is 1.82. The second-order valence-electron chi connectivity index (χ2n) is 6.82. The number of nitrogens with one attached hydrogen (secondary N) is 1. The molecule has 27 heavy (non-hydrogen) atoms. The summed E-state index contributed by atoms with van der Waals surface area (Å²) in [7, 11) is -3.35. The van der Waals surface area contributed by atoms with E-state index in [0.717, 1.165) is 11.1 Å². The van der Waals surface area contributed by atoms with Gasteiger partial charge in [0.1, 0.15) is 0 Å². The average Bonchev–Trinajstić information content (AvgIpc) is 2.89. The molecule has 0 fully saturated rings. The summed E-state index contributed by atoms with van der Waals surface area (Å²) in [6, 6.07) is 9.75. The molecular formula is C19H20Cl2N2O3S. The fourth-order valence-electron chi connectivity index (χ4n) is 3.46. The topological polar surface area (TPSA) is 66.5 Å². The maximum absolute atomic E-state index is 12.7. The molecule has 0 spiro atoms. The van der Waals surface area contributed by atoms with Crippen molar-refractivity contribution in [2.24, 2.45) is 0 Å². The van der Waals surface area contributed by atoms with Crippen LogP contribution in [0.15, 0.2) is 36.4 Å². The van der Waals surface area contributed by atoms with Crippen molar-refractivity contribution < 1.29 is 13.2 Å². The van der Waals surface area contributed by atoms with Crippen LogP contribution in [-0.4, -0.2) is 26.6 Å². The Morgan fingerprint density at radius 1 is 1.22 bits per heavy atom. The quantitative estimate of drug-likeness (QED) is 0.796. The molecule has 1 heterocycles. The van der Waals surface area contributed by atoms with E-state index < -0.39 is 10.0 Å². The zero-order valence-electron chi connectivity index (χ0n) is 15.2. The summed E-state index contributed by atoms with van der Waals surface area (Å²) < 4.78 is 25.4. The minimum absolute atomic E-state index is 0.167. The molecule has 2 atom stereocenters. The maximum Gasteiger partial charge on any atom is 0.251 e. The molecule has 0 bridgehead atoms. The summed E-state index contributed by atoms with van der Waals surface area (Å²) in [6.07, 6.45) is 1.76. The standard InChI is InChI=1S/C19H20Cl2N2O3S/c1-11-8-14-9-13(4-7-18(14)23(11)27(3,25)26)19(24)22-12(2)16-6-5-15(20)10-17(16)21/h4-7,9-12H,8H2,1-3H3,(H,22,24)/t11-,12-/m0/s1. The number of hydrogen-bond acceptors (Lipinski definition) is 3. The van der Waals surface area contributed by atoms with Crippen LogP contribution in [0.3, 0.4) is 0 Å². The van der Waals surface area contributed by atoms with Crippen LogP contribution >= 0.6 is 23.2 Å². The Labute approximate surface area is 169 Å². The number of anilines is 1. The Morgan fingerprint density at radius 3 is 2.56 bits per heavy atom. The SMILES string of the molecule is C[C@H](NC(=O)c1ccc2c(c1)C[C@H](C)N2S(C)(=O)=O)c1ccc(Cl)cc1Cl. The fourth-order valence-corrected chi connectivity index (χ4v) is 5.30. The highest BCUT2D eigenvalue weighted by molar-refractivity contribution is 7.92. The molecular weight excluding hydrogens is 407 g/mol. The molecule has 144 valence electrons. The number of carbonyl (C=O) groups is 1. The van der Waals surface area contributed by atoms with E-state index in [2.05, 4.69) is 5.32 Å². The van der Waals surface area contributed by atoms with Crippen LogP contribution in [0.5, 0.6) is 0 Å². The number of fused-ring (bicyclic) bond motifs is 1. The maximum atomic E-state index is 12.7. The Morgan fingerprint density at radius 2 is 1.93 bits per heavy atom. The zero-order chi connectivity index (χ0) is 19.9. The van der Waals surface area contributed by atoms with E-state index in [1.54, 1.807) is 36.4 Å². The first kappa shape index (κ1) is 20.0. The van der Waals surface area contributed by atoms with Gasteiger partial charge in [0.25, 0.3) is 5.91 Å². The summed E-state index contributed by atoms with van der Waals surface area (Å²) in [5.74, 6) is -0.248. The largest absolute Gasteiger partial charge is 0.345 e. The van der Waals surface area contributed by atoms with Crippen molar-refractivity contribution in [3.63, 3.8) is 0 Å². The van der Waals surface area contributed by atoms with Gasteiger partial charge in [-0.05, 0) is 61.7 Å². The molecule has 3 rings (SSSR count). The van der Waals surface area contributed by atoms with Crippen molar-refractivity contribution >= 4 is 44.8 Å². The lowest BCUT2D eigenvalue weighted by Gasteiger charge is -2.22. The van der Waals surface area contributed by atoms with Gasteiger partial charge >= 0.3 is 0 Å². The van der Waals surface area contributed by atoms with Gasteiger partial charge in [0.2, 0.25) is 10.0 Å². The van der Waals surface area contributed by atoms with Crippen LogP contribution in [0.2, 0.25) is 10.0 Å². The molecule has 0 aromatic heterocycles. The van der Waals surface area contributed by atoms with Crippen LogP contribution in [0.25, 0.3) is 0 Å². The van der Waals surface area contributed by atoms with E-state index in [4.69, 9.17) is 23.2 Å². The molecule has 8 heteroatoms. The Kier molecular flexibility index (Phi) is 5.43. The van der Waals surface area contributed by atoms with Gasteiger partial charge < -0.3 is 5.32 Å². The van der Waals surface area contributed by atoms with Gasteiger partial charge in [-0.25, -0.2) is 8.42 Å². The average molecular weight is 427 g/mol. The smallest absolute Gasteiger partial charge is 0.251 e. The van der Waals surface area contributed by atoms with E-state index in [1.165, 1.54) is 10.6 Å². The molecule has 0 saturated heterocycles. The number of benzene rings is 2. The zero-order valence-corrected chi connectivity index (χ0v) is 17.5. The molecule has 5 nitrogen and oxygen atoms in total. The molecule has 1 N–H and O–H groups in total. The van der Waals surface area contributed by atoms with Crippen molar-refractivity contribution in [3.8, 4) is 0 Å². The minimum atomic E-state index is -3.35. The Bertz CT molecular complexity index is 1010. The molecule has 1 amide bonds. The second kappa shape index (κ2) is 7.34. The molecule has 1 aliphatic heterocycles. The van der Waals surface area contributed by atoms with E-state index in [9.17, 15) is 13.2 Å². The van der Waals surface area contributed by atoms with Crippen LogP contribution in [-0.2, 0) is 16.4 Å². The molecule has 0 radical (unpaired) electrons. The van der Waals surface area contributed by atoms with Crippen molar-refractivity contribution in [3.05, 3.63) is 63.1 Å². The van der Waals surface area contributed by atoms with Gasteiger partial charge in [-0.3, -0.25) is 9.10 Å².